The van der Waals surface area contributed by atoms with Gasteiger partial charge in [0.1, 0.15) is 0 Å². The van der Waals surface area contributed by atoms with Crippen molar-refractivity contribution in [3.05, 3.63) is 64.1 Å². The lowest BCUT2D eigenvalue weighted by atomic mass is 10.2. The van der Waals surface area contributed by atoms with Gasteiger partial charge in [0.25, 0.3) is 5.91 Å². The molecule has 0 saturated carbocycles. The Balaban J connectivity index is 1.61. The number of methoxy groups -OCH3 is 2. The van der Waals surface area contributed by atoms with Crippen molar-refractivity contribution in [2.45, 2.75) is 6.42 Å². The average molecular weight is 432 g/mol. The third kappa shape index (κ3) is 5.46. The summed E-state index contributed by atoms with van der Waals surface area (Å²) in [6.07, 6.45) is 0.0786. The lowest BCUT2D eigenvalue weighted by molar-refractivity contribution is -0.115. The van der Waals surface area contributed by atoms with Crippen molar-refractivity contribution in [2.24, 2.45) is 0 Å². The number of aromatic nitrogens is 1. The van der Waals surface area contributed by atoms with E-state index in [0.717, 1.165) is 0 Å². The van der Waals surface area contributed by atoms with Crippen molar-refractivity contribution in [3.8, 4) is 11.5 Å². The van der Waals surface area contributed by atoms with Crippen LogP contribution >= 0.6 is 22.9 Å². The van der Waals surface area contributed by atoms with Crippen LogP contribution in [0.15, 0.2) is 47.8 Å². The second kappa shape index (κ2) is 9.40. The number of nitrogens with one attached hydrogen (secondary N) is 2. The molecule has 0 radical (unpaired) electrons. The molecule has 0 fully saturated rings. The first-order valence-corrected chi connectivity index (χ1v) is 9.77. The zero-order valence-corrected chi connectivity index (χ0v) is 17.3. The Morgan fingerprint density at radius 1 is 1.07 bits per heavy atom. The van der Waals surface area contributed by atoms with Gasteiger partial charge in [-0.3, -0.25) is 14.9 Å². The summed E-state index contributed by atoms with van der Waals surface area (Å²) in [4.78, 5) is 28.9. The lowest BCUT2D eigenvalue weighted by Crippen LogP contribution is -2.15. The molecule has 1 aromatic heterocycles. The van der Waals surface area contributed by atoms with E-state index in [4.69, 9.17) is 21.1 Å². The summed E-state index contributed by atoms with van der Waals surface area (Å²) in [6.45, 7) is 0. The summed E-state index contributed by atoms with van der Waals surface area (Å²) >= 11 is 7.15. The molecule has 7 nitrogen and oxygen atoms in total. The van der Waals surface area contributed by atoms with E-state index in [1.165, 1.54) is 25.6 Å². The molecule has 0 spiro atoms. The summed E-state index contributed by atoms with van der Waals surface area (Å²) in [5.74, 6) is 0.425. The summed E-state index contributed by atoms with van der Waals surface area (Å²) in [6, 6.07) is 11.8. The van der Waals surface area contributed by atoms with Gasteiger partial charge in [-0.05, 0) is 36.4 Å². The molecule has 0 aliphatic heterocycles. The van der Waals surface area contributed by atoms with Crippen molar-refractivity contribution >= 4 is 45.6 Å². The van der Waals surface area contributed by atoms with Gasteiger partial charge in [0.2, 0.25) is 5.91 Å². The number of amides is 2. The van der Waals surface area contributed by atoms with Gasteiger partial charge in [0, 0.05) is 21.7 Å². The molecule has 29 heavy (non-hydrogen) atoms. The number of rotatable bonds is 7. The van der Waals surface area contributed by atoms with Gasteiger partial charge in [-0.1, -0.05) is 17.7 Å². The number of ether oxygens (including phenoxy) is 2. The molecule has 0 atom stereocenters. The molecule has 0 unspecified atom stereocenters. The Morgan fingerprint density at radius 2 is 1.86 bits per heavy atom. The minimum absolute atomic E-state index is 0.0786. The van der Waals surface area contributed by atoms with Gasteiger partial charge in [-0.2, -0.15) is 0 Å². The monoisotopic (exact) mass is 431 g/mol. The van der Waals surface area contributed by atoms with Crippen molar-refractivity contribution in [3.63, 3.8) is 0 Å². The van der Waals surface area contributed by atoms with E-state index < -0.39 is 0 Å². The number of anilines is 2. The first-order valence-electron chi connectivity index (χ1n) is 8.51. The van der Waals surface area contributed by atoms with E-state index in [9.17, 15) is 9.59 Å². The molecule has 3 rings (SSSR count). The largest absolute Gasteiger partial charge is 0.493 e. The van der Waals surface area contributed by atoms with E-state index in [1.807, 2.05) is 0 Å². The Morgan fingerprint density at radius 3 is 2.59 bits per heavy atom. The lowest BCUT2D eigenvalue weighted by Gasteiger charge is -2.09. The van der Waals surface area contributed by atoms with Crippen LogP contribution in [0.4, 0.5) is 10.8 Å². The van der Waals surface area contributed by atoms with E-state index in [1.54, 1.807) is 47.8 Å². The topological polar surface area (TPSA) is 89.5 Å². The number of halogens is 1. The van der Waals surface area contributed by atoms with Gasteiger partial charge in [-0.15, -0.1) is 11.3 Å². The molecule has 1 heterocycles. The smallest absolute Gasteiger partial charge is 0.257 e. The average Bonchev–Trinajstić information content (AvgIpc) is 3.13. The zero-order chi connectivity index (χ0) is 20.8. The molecule has 3 aromatic rings. The summed E-state index contributed by atoms with van der Waals surface area (Å²) in [7, 11) is 3.03. The number of thiazole rings is 1. The number of benzene rings is 2. The van der Waals surface area contributed by atoms with Gasteiger partial charge in [0.05, 0.1) is 26.3 Å². The van der Waals surface area contributed by atoms with Crippen LogP contribution in [-0.4, -0.2) is 31.0 Å². The highest BCUT2D eigenvalue weighted by molar-refractivity contribution is 7.14. The summed E-state index contributed by atoms with van der Waals surface area (Å²) in [5.41, 5.74) is 1.56. The number of carbonyl (C=O) groups is 2. The van der Waals surface area contributed by atoms with Crippen LogP contribution in [0.1, 0.15) is 16.1 Å². The molecule has 2 amide bonds. The highest BCUT2D eigenvalue weighted by atomic mass is 35.5. The molecule has 0 aliphatic rings. The third-order valence-corrected chi connectivity index (χ3v) is 4.91. The molecular formula is C20H18ClN3O4S. The van der Waals surface area contributed by atoms with Crippen LogP contribution in [0, 0.1) is 0 Å². The molecule has 0 saturated heterocycles. The first-order chi connectivity index (χ1) is 14.0. The normalized spacial score (nSPS) is 10.3. The maximum absolute atomic E-state index is 12.5. The second-order valence-electron chi connectivity index (χ2n) is 5.90. The van der Waals surface area contributed by atoms with Crippen molar-refractivity contribution < 1.29 is 19.1 Å². The van der Waals surface area contributed by atoms with Gasteiger partial charge in [0.15, 0.2) is 16.6 Å². The molecule has 2 aromatic carbocycles. The Hall–Kier alpha value is -3.10. The highest BCUT2D eigenvalue weighted by Crippen LogP contribution is 2.28. The molecule has 150 valence electrons. The van der Waals surface area contributed by atoms with Gasteiger partial charge >= 0.3 is 0 Å². The quantitative estimate of drug-likeness (QED) is 0.583. The minimum atomic E-state index is -0.338. The van der Waals surface area contributed by atoms with E-state index >= 15 is 0 Å². The van der Waals surface area contributed by atoms with Crippen LogP contribution in [-0.2, 0) is 11.2 Å². The minimum Gasteiger partial charge on any atom is -0.493 e. The third-order valence-electron chi connectivity index (χ3n) is 3.87. The molecule has 0 aliphatic carbocycles. The molecule has 2 N–H and O–H groups in total. The Kier molecular flexibility index (Phi) is 6.69. The maximum Gasteiger partial charge on any atom is 0.257 e. The van der Waals surface area contributed by atoms with Crippen molar-refractivity contribution in [1.29, 1.82) is 0 Å². The van der Waals surface area contributed by atoms with Crippen molar-refractivity contribution in [2.75, 3.05) is 24.9 Å². The predicted octanol–water partition coefficient (Wildman–Crippen LogP) is 4.25. The molecular weight excluding hydrogens is 414 g/mol. The number of hydrogen-bond acceptors (Lipinski definition) is 6. The van der Waals surface area contributed by atoms with Crippen LogP contribution in [0.25, 0.3) is 0 Å². The molecule has 9 heteroatoms. The van der Waals surface area contributed by atoms with Gasteiger partial charge < -0.3 is 14.8 Å². The number of carbonyl (C=O) groups excluding carboxylic acids is 2. The standard InChI is InChI=1S/C20H18ClN3O4S/c1-27-16-7-6-12(8-17(16)28-2)19(26)24-20-23-15(11-29-20)10-18(25)22-14-5-3-4-13(21)9-14/h3-9,11H,10H2,1-2H3,(H,22,25)(H,23,24,26). The molecule has 0 bridgehead atoms. The zero-order valence-electron chi connectivity index (χ0n) is 15.7. The fourth-order valence-corrected chi connectivity index (χ4v) is 3.42. The predicted molar refractivity (Wildman–Crippen MR) is 113 cm³/mol. The van der Waals surface area contributed by atoms with Crippen LogP contribution in [0.3, 0.4) is 0 Å². The van der Waals surface area contributed by atoms with E-state index in [-0.39, 0.29) is 18.2 Å². The van der Waals surface area contributed by atoms with Crippen LogP contribution in [0.2, 0.25) is 5.02 Å². The van der Waals surface area contributed by atoms with Crippen LogP contribution < -0.4 is 20.1 Å². The summed E-state index contributed by atoms with van der Waals surface area (Å²) in [5, 5.41) is 8.14. The highest BCUT2D eigenvalue weighted by Gasteiger charge is 2.14. The SMILES string of the molecule is COc1ccc(C(=O)Nc2nc(CC(=O)Nc3cccc(Cl)c3)cs2)cc1OC. The van der Waals surface area contributed by atoms with E-state index in [0.29, 0.717) is 38.6 Å². The Bertz CT molecular complexity index is 1040. The van der Waals surface area contributed by atoms with E-state index in [2.05, 4.69) is 15.6 Å². The van der Waals surface area contributed by atoms with Crippen molar-refractivity contribution in [1.82, 2.24) is 4.98 Å². The second-order valence-corrected chi connectivity index (χ2v) is 7.20. The fourth-order valence-electron chi connectivity index (χ4n) is 2.53. The number of hydrogen-bond donors (Lipinski definition) is 2. The Labute approximate surface area is 176 Å². The first kappa shape index (κ1) is 20.6. The maximum atomic E-state index is 12.5. The van der Waals surface area contributed by atoms with Crippen LogP contribution in [0.5, 0.6) is 11.5 Å². The summed E-state index contributed by atoms with van der Waals surface area (Å²) < 4.78 is 10.4. The van der Waals surface area contributed by atoms with Gasteiger partial charge in [-0.25, -0.2) is 4.98 Å². The fraction of sp³-hybridized carbons (Fsp3) is 0.150. The number of nitrogens with zero attached hydrogens (tertiary/aromatic N) is 1.